The van der Waals surface area contributed by atoms with Gasteiger partial charge in [-0.15, -0.1) is 0 Å². The lowest BCUT2D eigenvalue weighted by Crippen LogP contribution is -2.32. The van der Waals surface area contributed by atoms with E-state index in [4.69, 9.17) is 9.47 Å². The molecule has 4 nitrogen and oxygen atoms in total. The third-order valence-electron chi connectivity index (χ3n) is 5.78. The van der Waals surface area contributed by atoms with Gasteiger partial charge in [0.2, 0.25) is 0 Å². The number of rotatable bonds is 9. The summed E-state index contributed by atoms with van der Waals surface area (Å²) < 4.78 is 96.1. The van der Waals surface area contributed by atoms with Gasteiger partial charge >= 0.3 is 12.4 Å². The third-order valence-corrected chi connectivity index (χ3v) is 7.63. The molecular formula is C27H23F6NO3S2. The SMILES string of the molecule is O=C(C=CN1CCOCC1)c1ccc(Sc2ccccc2OCCc2ccsc2)c(C(F)(F)F)c1C(F)(F)F. The largest absolute Gasteiger partial charge is 0.492 e. The molecule has 0 N–H and O–H groups in total. The average molecular weight is 588 g/mol. The highest BCUT2D eigenvalue weighted by Gasteiger charge is 2.47. The van der Waals surface area contributed by atoms with Gasteiger partial charge in [-0.3, -0.25) is 4.79 Å². The number of alkyl halides is 6. The molecule has 0 saturated carbocycles. The quantitative estimate of drug-likeness (QED) is 0.147. The average Bonchev–Trinajstić information content (AvgIpc) is 3.41. The maximum Gasteiger partial charge on any atom is 0.418 e. The molecule has 2 heterocycles. The van der Waals surface area contributed by atoms with Crippen LogP contribution in [0.15, 0.2) is 75.3 Å². The summed E-state index contributed by atoms with van der Waals surface area (Å²) >= 11 is 2.03. The van der Waals surface area contributed by atoms with E-state index in [9.17, 15) is 31.1 Å². The monoisotopic (exact) mass is 587 g/mol. The molecule has 1 aromatic heterocycles. The van der Waals surface area contributed by atoms with Crippen molar-refractivity contribution in [2.75, 3.05) is 32.9 Å². The number of hydrogen-bond donors (Lipinski definition) is 0. The third kappa shape index (κ3) is 7.58. The number of carbonyl (C=O) groups is 1. The zero-order valence-electron chi connectivity index (χ0n) is 20.3. The summed E-state index contributed by atoms with van der Waals surface area (Å²) in [6, 6.07) is 9.82. The maximum atomic E-state index is 14.2. The van der Waals surface area contributed by atoms with Crippen LogP contribution in [0, 0.1) is 0 Å². The topological polar surface area (TPSA) is 38.8 Å². The molecule has 1 saturated heterocycles. The van der Waals surface area contributed by atoms with E-state index in [0.717, 1.165) is 23.8 Å². The van der Waals surface area contributed by atoms with Crippen LogP contribution in [0.1, 0.15) is 27.0 Å². The maximum absolute atomic E-state index is 14.2. The Morgan fingerprint density at radius 3 is 2.36 bits per heavy atom. The smallest absolute Gasteiger partial charge is 0.418 e. The van der Waals surface area contributed by atoms with Crippen LogP contribution < -0.4 is 4.74 Å². The standard InChI is InChI=1S/C27H23F6NO3S2/c28-26(29,30)24-19(20(35)7-10-34-11-14-36-15-12-34)5-6-23(25(24)27(31,32)33)39-22-4-2-1-3-21(22)37-13-8-18-9-16-38-17-18/h1-7,9-10,16-17H,8,11-15H2. The summed E-state index contributed by atoms with van der Waals surface area (Å²) in [5.41, 5.74) is -3.95. The Bertz CT molecular complexity index is 1300. The summed E-state index contributed by atoms with van der Waals surface area (Å²) in [4.78, 5) is 13.9. The number of benzene rings is 2. The highest BCUT2D eigenvalue weighted by Crippen LogP contribution is 2.49. The molecule has 1 fully saturated rings. The molecule has 2 aromatic carbocycles. The van der Waals surface area contributed by atoms with Gasteiger partial charge in [0.15, 0.2) is 5.78 Å². The van der Waals surface area contributed by atoms with Crippen LogP contribution in [0.3, 0.4) is 0 Å². The number of morpholine rings is 1. The fourth-order valence-corrected chi connectivity index (χ4v) is 5.70. The van der Waals surface area contributed by atoms with E-state index < -0.39 is 39.7 Å². The van der Waals surface area contributed by atoms with Crippen LogP contribution in [-0.4, -0.2) is 43.6 Å². The number of allylic oxidation sites excluding steroid dienone is 1. The fraction of sp³-hybridized carbons (Fsp3) is 0.296. The van der Waals surface area contributed by atoms with E-state index in [-0.39, 0.29) is 17.3 Å². The molecule has 0 aliphatic carbocycles. The van der Waals surface area contributed by atoms with Crippen LogP contribution in [0.4, 0.5) is 26.3 Å². The second-order valence-corrected chi connectivity index (χ2v) is 10.3. The van der Waals surface area contributed by atoms with Gasteiger partial charge in [-0.2, -0.15) is 37.7 Å². The van der Waals surface area contributed by atoms with Gasteiger partial charge in [-0.05, 0) is 46.7 Å². The minimum atomic E-state index is -5.43. The van der Waals surface area contributed by atoms with E-state index in [1.54, 1.807) is 23.1 Å². The molecule has 4 rings (SSSR count). The Hall–Kier alpha value is -2.96. The van der Waals surface area contributed by atoms with Gasteiger partial charge < -0.3 is 14.4 Å². The van der Waals surface area contributed by atoms with Crippen LogP contribution in [0.25, 0.3) is 0 Å². The molecule has 0 atom stereocenters. The van der Waals surface area contributed by atoms with Crippen molar-refractivity contribution in [1.82, 2.24) is 4.90 Å². The van der Waals surface area contributed by atoms with Gasteiger partial charge in [-0.1, -0.05) is 23.9 Å². The summed E-state index contributed by atoms with van der Waals surface area (Å²) in [6.07, 6.45) is -8.12. The lowest BCUT2D eigenvalue weighted by Gasteiger charge is -2.25. The van der Waals surface area contributed by atoms with E-state index in [2.05, 4.69) is 0 Å². The van der Waals surface area contributed by atoms with Crippen molar-refractivity contribution in [3.05, 3.63) is 87.8 Å². The lowest BCUT2D eigenvalue weighted by atomic mass is 9.96. The first-order valence-corrected chi connectivity index (χ1v) is 13.6. The minimum Gasteiger partial charge on any atom is -0.492 e. The van der Waals surface area contributed by atoms with Crippen LogP contribution in [0.2, 0.25) is 0 Å². The van der Waals surface area contributed by atoms with Gasteiger partial charge in [0.25, 0.3) is 0 Å². The predicted octanol–water partition coefficient (Wildman–Crippen LogP) is 7.59. The van der Waals surface area contributed by atoms with Gasteiger partial charge in [0.05, 0.1) is 35.8 Å². The highest BCUT2D eigenvalue weighted by atomic mass is 32.2. The normalized spacial score (nSPS) is 14.7. The van der Waals surface area contributed by atoms with Crippen LogP contribution in [0.5, 0.6) is 5.75 Å². The zero-order chi connectivity index (χ0) is 28.0. The van der Waals surface area contributed by atoms with E-state index in [1.165, 1.54) is 23.6 Å². The molecule has 0 radical (unpaired) electrons. The molecule has 0 amide bonds. The molecule has 0 unspecified atom stereocenters. The molecule has 208 valence electrons. The van der Waals surface area contributed by atoms with Crippen molar-refractivity contribution in [1.29, 1.82) is 0 Å². The van der Waals surface area contributed by atoms with E-state index >= 15 is 0 Å². The number of carbonyl (C=O) groups excluding carboxylic acids is 1. The van der Waals surface area contributed by atoms with Crippen molar-refractivity contribution in [2.24, 2.45) is 0 Å². The zero-order valence-corrected chi connectivity index (χ0v) is 22.0. The second kappa shape index (κ2) is 12.5. The number of ether oxygens (including phenoxy) is 2. The summed E-state index contributed by atoms with van der Waals surface area (Å²) in [5, 5.41) is 3.85. The molecule has 39 heavy (non-hydrogen) atoms. The number of thiophene rings is 1. The van der Waals surface area contributed by atoms with Crippen molar-refractivity contribution < 1.29 is 40.6 Å². The van der Waals surface area contributed by atoms with Crippen molar-refractivity contribution in [2.45, 2.75) is 28.6 Å². The molecule has 0 bridgehead atoms. The molecule has 3 aromatic rings. The number of para-hydroxylation sites is 1. The van der Waals surface area contributed by atoms with Gasteiger partial charge in [0.1, 0.15) is 5.75 Å². The number of ketones is 1. The second-order valence-electron chi connectivity index (χ2n) is 8.46. The Balaban J connectivity index is 1.67. The first-order chi connectivity index (χ1) is 18.5. The van der Waals surface area contributed by atoms with E-state index in [0.29, 0.717) is 44.5 Å². The molecule has 12 heteroatoms. The predicted molar refractivity (Wildman–Crippen MR) is 136 cm³/mol. The van der Waals surface area contributed by atoms with Crippen LogP contribution in [-0.2, 0) is 23.5 Å². The Morgan fingerprint density at radius 1 is 0.974 bits per heavy atom. The van der Waals surface area contributed by atoms with Crippen LogP contribution >= 0.6 is 23.1 Å². The molecular weight excluding hydrogens is 564 g/mol. The fourth-order valence-electron chi connectivity index (χ4n) is 3.93. The summed E-state index contributed by atoms with van der Waals surface area (Å²) in [7, 11) is 0. The Kier molecular flexibility index (Phi) is 9.29. The molecule has 1 aliphatic heterocycles. The first-order valence-electron chi connectivity index (χ1n) is 11.8. The van der Waals surface area contributed by atoms with Gasteiger partial charge in [-0.25, -0.2) is 0 Å². The van der Waals surface area contributed by atoms with Gasteiger partial charge in [0, 0.05) is 42.2 Å². The minimum absolute atomic E-state index is 0.215. The Labute approximate surface area is 229 Å². The molecule has 1 aliphatic rings. The summed E-state index contributed by atoms with van der Waals surface area (Å²) in [6.45, 7) is 1.80. The first kappa shape index (κ1) is 29.0. The number of nitrogens with zero attached hydrogens (tertiary/aromatic N) is 1. The molecule has 0 spiro atoms. The Morgan fingerprint density at radius 2 is 1.69 bits per heavy atom. The number of hydrogen-bond acceptors (Lipinski definition) is 6. The lowest BCUT2D eigenvalue weighted by molar-refractivity contribution is -0.163. The highest BCUT2D eigenvalue weighted by molar-refractivity contribution is 7.99. The van der Waals surface area contributed by atoms with Crippen molar-refractivity contribution in [3.63, 3.8) is 0 Å². The number of halogens is 6. The van der Waals surface area contributed by atoms with Crippen molar-refractivity contribution >= 4 is 28.9 Å². The van der Waals surface area contributed by atoms with E-state index in [1.807, 2.05) is 16.8 Å². The summed E-state index contributed by atoms with van der Waals surface area (Å²) in [5.74, 6) is -0.930. The van der Waals surface area contributed by atoms with Crippen molar-refractivity contribution in [3.8, 4) is 5.75 Å².